The van der Waals surface area contributed by atoms with Crippen molar-refractivity contribution in [1.29, 1.82) is 0 Å². The van der Waals surface area contributed by atoms with Gasteiger partial charge in [0.15, 0.2) is 0 Å². The zero-order valence-corrected chi connectivity index (χ0v) is 11.0. The number of hydrazine groups is 1. The number of aliphatic hydroxyl groups excluding tert-OH is 1. The van der Waals surface area contributed by atoms with Crippen LogP contribution in [0.4, 0.5) is 0 Å². The molecule has 3 unspecified atom stereocenters. The van der Waals surface area contributed by atoms with Crippen molar-refractivity contribution in [2.45, 2.75) is 32.4 Å². The van der Waals surface area contributed by atoms with E-state index >= 15 is 0 Å². The highest BCUT2D eigenvalue weighted by Crippen LogP contribution is 2.34. The number of aliphatic hydroxyl groups is 1. The highest BCUT2D eigenvalue weighted by atomic mass is 16.5. The second-order valence-corrected chi connectivity index (χ2v) is 4.79. The summed E-state index contributed by atoms with van der Waals surface area (Å²) in [5.74, 6) is 1.07. The van der Waals surface area contributed by atoms with Crippen molar-refractivity contribution in [3.8, 4) is 5.75 Å². The minimum atomic E-state index is 0.0954. The van der Waals surface area contributed by atoms with Gasteiger partial charge in [0.1, 0.15) is 5.75 Å². The topological polar surface area (TPSA) is 53.5 Å². The normalized spacial score (nSPS) is 27.4. The number of benzene rings is 1. The van der Waals surface area contributed by atoms with E-state index in [1.54, 1.807) is 0 Å². The van der Waals surface area contributed by atoms with Crippen LogP contribution in [-0.2, 0) is 0 Å². The summed E-state index contributed by atoms with van der Waals surface area (Å²) in [6.45, 7) is 5.05. The van der Waals surface area contributed by atoms with Gasteiger partial charge < -0.3 is 9.84 Å². The van der Waals surface area contributed by atoms with Crippen LogP contribution in [0.5, 0.6) is 5.75 Å². The molecule has 1 heterocycles. The second-order valence-electron chi connectivity index (χ2n) is 4.79. The number of nitrogens with one attached hydrogen (secondary N) is 2. The van der Waals surface area contributed by atoms with Crippen LogP contribution in [0, 0.1) is 5.92 Å². The van der Waals surface area contributed by atoms with Gasteiger partial charge in [-0.2, -0.15) is 0 Å². The molecule has 100 valence electrons. The van der Waals surface area contributed by atoms with E-state index < -0.39 is 0 Å². The molecule has 0 aromatic heterocycles. The Kier molecular flexibility index (Phi) is 4.58. The standard InChI is InChI=1S/C14H22N2O2/c1-3-8-18-13-7-5-4-6-11(13)14-12(9-17)10(2)15-16-14/h4-7,10,12,14-17H,3,8-9H2,1-2H3. The number of rotatable bonds is 5. The average molecular weight is 250 g/mol. The Morgan fingerprint density at radius 3 is 2.78 bits per heavy atom. The van der Waals surface area contributed by atoms with Gasteiger partial charge in [-0.15, -0.1) is 0 Å². The fraction of sp³-hybridized carbons (Fsp3) is 0.571. The Labute approximate surface area is 108 Å². The molecule has 2 rings (SSSR count). The summed E-state index contributed by atoms with van der Waals surface area (Å²) in [6, 6.07) is 8.38. The Morgan fingerprint density at radius 1 is 1.28 bits per heavy atom. The van der Waals surface area contributed by atoms with Crippen molar-refractivity contribution in [2.75, 3.05) is 13.2 Å². The van der Waals surface area contributed by atoms with Gasteiger partial charge in [-0.3, -0.25) is 5.43 Å². The maximum Gasteiger partial charge on any atom is 0.124 e. The third-order valence-corrected chi connectivity index (χ3v) is 3.46. The minimum Gasteiger partial charge on any atom is -0.493 e. The molecule has 1 aliphatic rings. The fourth-order valence-electron chi connectivity index (χ4n) is 2.38. The molecule has 3 atom stereocenters. The Bertz CT molecular complexity index is 384. The Balaban J connectivity index is 2.21. The molecule has 0 saturated carbocycles. The summed E-state index contributed by atoms with van der Waals surface area (Å²) >= 11 is 0. The van der Waals surface area contributed by atoms with Gasteiger partial charge in [-0.1, -0.05) is 25.1 Å². The van der Waals surface area contributed by atoms with Crippen LogP contribution in [-0.4, -0.2) is 24.4 Å². The summed E-state index contributed by atoms with van der Waals surface area (Å²) < 4.78 is 5.78. The van der Waals surface area contributed by atoms with Crippen LogP contribution >= 0.6 is 0 Å². The van der Waals surface area contributed by atoms with Crippen LogP contribution < -0.4 is 15.6 Å². The fourth-order valence-corrected chi connectivity index (χ4v) is 2.38. The van der Waals surface area contributed by atoms with Crippen molar-refractivity contribution < 1.29 is 9.84 Å². The van der Waals surface area contributed by atoms with Gasteiger partial charge in [-0.05, 0) is 19.4 Å². The minimum absolute atomic E-state index is 0.0954. The molecule has 1 aromatic rings. The second kappa shape index (κ2) is 6.18. The largest absolute Gasteiger partial charge is 0.493 e. The summed E-state index contributed by atoms with van der Waals surface area (Å²) in [5, 5.41) is 9.51. The third kappa shape index (κ3) is 2.66. The summed E-state index contributed by atoms with van der Waals surface area (Å²) in [4.78, 5) is 0. The van der Waals surface area contributed by atoms with E-state index in [9.17, 15) is 5.11 Å². The Hall–Kier alpha value is -1.10. The third-order valence-electron chi connectivity index (χ3n) is 3.46. The lowest BCUT2D eigenvalue weighted by Gasteiger charge is -2.21. The molecule has 3 N–H and O–H groups in total. The van der Waals surface area contributed by atoms with Gasteiger partial charge in [0.2, 0.25) is 0 Å². The van der Waals surface area contributed by atoms with E-state index in [1.807, 2.05) is 18.2 Å². The molecule has 1 saturated heterocycles. The smallest absolute Gasteiger partial charge is 0.124 e. The van der Waals surface area contributed by atoms with Gasteiger partial charge in [-0.25, -0.2) is 5.43 Å². The zero-order valence-electron chi connectivity index (χ0n) is 11.0. The molecular weight excluding hydrogens is 228 g/mol. The van der Waals surface area contributed by atoms with Crippen molar-refractivity contribution in [3.05, 3.63) is 29.8 Å². The summed E-state index contributed by atoms with van der Waals surface area (Å²) in [6.07, 6.45) is 0.991. The van der Waals surface area contributed by atoms with E-state index in [1.165, 1.54) is 0 Å². The van der Waals surface area contributed by atoms with Crippen molar-refractivity contribution in [3.63, 3.8) is 0 Å². The van der Waals surface area contributed by atoms with Crippen molar-refractivity contribution in [1.82, 2.24) is 10.9 Å². The first kappa shape index (κ1) is 13.3. The van der Waals surface area contributed by atoms with Gasteiger partial charge in [0, 0.05) is 24.1 Å². The van der Waals surface area contributed by atoms with E-state index in [0.717, 1.165) is 24.3 Å². The van der Waals surface area contributed by atoms with E-state index in [4.69, 9.17) is 4.74 Å². The molecule has 0 spiro atoms. The van der Waals surface area contributed by atoms with Gasteiger partial charge in [0.05, 0.1) is 12.6 Å². The van der Waals surface area contributed by atoms with Crippen LogP contribution in [0.3, 0.4) is 0 Å². The summed E-state index contributed by atoms with van der Waals surface area (Å²) in [7, 11) is 0. The monoisotopic (exact) mass is 250 g/mol. The highest BCUT2D eigenvalue weighted by Gasteiger charge is 2.34. The van der Waals surface area contributed by atoms with Crippen molar-refractivity contribution in [2.24, 2.45) is 5.92 Å². The molecule has 0 radical (unpaired) electrons. The average Bonchev–Trinajstić information content (AvgIpc) is 2.77. The molecule has 1 fully saturated rings. The number of para-hydroxylation sites is 1. The van der Waals surface area contributed by atoms with Crippen LogP contribution in [0.15, 0.2) is 24.3 Å². The number of hydrogen-bond acceptors (Lipinski definition) is 4. The SMILES string of the molecule is CCCOc1ccccc1C1NNC(C)C1CO. The van der Waals surface area contributed by atoms with E-state index in [2.05, 4.69) is 30.8 Å². The predicted molar refractivity (Wildman–Crippen MR) is 71.3 cm³/mol. The van der Waals surface area contributed by atoms with E-state index in [-0.39, 0.29) is 24.6 Å². The van der Waals surface area contributed by atoms with E-state index in [0.29, 0.717) is 0 Å². The molecule has 0 aliphatic carbocycles. The van der Waals surface area contributed by atoms with Crippen LogP contribution in [0.2, 0.25) is 0 Å². The lowest BCUT2D eigenvalue weighted by molar-refractivity contribution is 0.202. The lowest BCUT2D eigenvalue weighted by atomic mass is 9.90. The first-order chi connectivity index (χ1) is 8.77. The lowest BCUT2D eigenvalue weighted by Crippen LogP contribution is -2.29. The quantitative estimate of drug-likeness (QED) is 0.743. The predicted octanol–water partition coefficient (Wildman–Crippen LogP) is 1.62. The molecule has 18 heavy (non-hydrogen) atoms. The molecule has 1 aliphatic heterocycles. The number of hydrogen-bond donors (Lipinski definition) is 3. The maximum atomic E-state index is 9.51. The molecular formula is C14H22N2O2. The Morgan fingerprint density at radius 2 is 2.06 bits per heavy atom. The van der Waals surface area contributed by atoms with Crippen LogP contribution in [0.1, 0.15) is 31.9 Å². The molecule has 0 bridgehead atoms. The number of ether oxygens (including phenoxy) is 1. The zero-order chi connectivity index (χ0) is 13.0. The van der Waals surface area contributed by atoms with Gasteiger partial charge in [0.25, 0.3) is 0 Å². The summed E-state index contributed by atoms with van der Waals surface area (Å²) in [5.41, 5.74) is 7.55. The first-order valence-electron chi connectivity index (χ1n) is 6.61. The molecule has 1 aromatic carbocycles. The maximum absolute atomic E-state index is 9.51. The first-order valence-corrected chi connectivity index (χ1v) is 6.61. The van der Waals surface area contributed by atoms with Crippen LogP contribution in [0.25, 0.3) is 0 Å². The van der Waals surface area contributed by atoms with Gasteiger partial charge >= 0.3 is 0 Å². The van der Waals surface area contributed by atoms with Crippen molar-refractivity contribution >= 4 is 0 Å². The highest BCUT2D eigenvalue weighted by molar-refractivity contribution is 5.37. The molecule has 4 nitrogen and oxygen atoms in total. The molecule has 0 amide bonds. The molecule has 4 heteroatoms.